The van der Waals surface area contributed by atoms with E-state index in [0.717, 1.165) is 5.69 Å². The Balaban J connectivity index is 2.36. The summed E-state index contributed by atoms with van der Waals surface area (Å²) in [5.41, 5.74) is 4.47. The van der Waals surface area contributed by atoms with E-state index in [2.05, 4.69) is 10.4 Å². The van der Waals surface area contributed by atoms with Gasteiger partial charge >= 0.3 is 0 Å². The van der Waals surface area contributed by atoms with Crippen molar-refractivity contribution in [1.29, 1.82) is 0 Å². The molecule has 2 aromatic rings. The van der Waals surface area contributed by atoms with E-state index in [-0.39, 0.29) is 5.91 Å². The molecule has 20 heavy (non-hydrogen) atoms. The molecule has 0 saturated heterocycles. The molecule has 1 aromatic carbocycles. The smallest absolute Gasteiger partial charge is 0.261 e. The highest BCUT2D eigenvalue weighted by Crippen LogP contribution is 2.20. The zero-order valence-electron chi connectivity index (χ0n) is 11.2. The fourth-order valence-electron chi connectivity index (χ4n) is 1.83. The maximum atomic E-state index is 13.2. The summed E-state index contributed by atoms with van der Waals surface area (Å²) in [5, 5.41) is 0. The van der Waals surface area contributed by atoms with Gasteiger partial charge in [0.2, 0.25) is 0 Å². The number of carbonyl (C=O) groups is 1. The third-order valence-electron chi connectivity index (χ3n) is 2.93. The second kappa shape index (κ2) is 5.66. The second-order valence-corrected chi connectivity index (χ2v) is 4.36. The first-order valence-electron chi connectivity index (χ1n) is 6.00. The van der Waals surface area contributed by atoms with Crippen LogP contribution in [0.5, 0.6) is 0 Å². The van der Waals surface area contributed by atoms with Gasteiger partial charge in [0.1, 0.15) is 5.82 Å². The first kappa shape index (κ1) is 14.0. The molecule has 0 atom stereocenters. The highest BCUT2D eigenvalue weighted by molar-refractivity contribution is 6.09. The Hall–Kier alpha value is -2.47. The van der Waals surface area contributed by atoms with Crippen LogP contribution >= 0.6 is 0 Å². The van der Waals surface area contributed by atoms with Gasteiger partial charge in [-0.25, -0.2) is 4.39 Å². The third kappa shape index (κ3) is 2.75. The first-order valence-corrected chi connectivity index (χ1v) is 6.00. The van der Waals surface area contributed by atoms with E-state index in [9.17, 15) is 9.18 Å². The van der Waals surface area contributed by atoms with Crippen molar-refractivity contribution in [2.24, 2.45) is 5.84 Å². The molecule has 0 radical (unpaired) electrons. The lowest BCUT2D eigenvalue weighted by atomic mass is 10.1. The SMILES string of the molecule is Cc1cc(NN)c(C(=O)N(C)c2cccc(F)c2)cn1. The average Bonchev–Trinajstić information content (AvgIpc) is 2.45. The van der Waals surface area contributed by atoms with Crippen molar-refractivity contribution in [1.82, 2.24) is 4.98 Å². The number of nitrogens with two attached hydrogens (primary N) is 1. The van der Waals surface area contributed by atoms with Gasteiger partial charge < -0.3 is 10.3 Å². The zero-order valence-corrected chi connectivity index (χ0v) is 11.2. The molecule has 0 unspecified atom stereocenters. The number of aromatic nitrogens is 1. The van der Waals surface area contributed by atoms with Gasteiger partial charge in [-0.2, -0.15) is 0 Å². The van der Waals surface area contributed by atoms with Crippen molar-refractivity contribution < 1.29 is 9.18 Å². The standard InChI is InChI=1S/C14H15FN4O/c1-9-6-13(18-16)12(8-17-9)14(20)19(2)11-5-3-4-10(15)7-11/h3-8H,16H2,1-2H3,(H,17,18). The largest absolute Gasteiger partial charge is 0.323 e. The molecular weight excluding hydrogens is 259 g/mol. The molecule has 1 amide bonds. The molecule has 0 bridgehead atoms. The highest BCUT2D eigenvalue weighted by atomic mass is 19.1. The molecule has 1 aromatic heterocycles. The molecule has 6 heteroatoms. The van der Waals surface area contributed by atoms with Crippen molar-refractivity contribution in [2.45, 2.75) is 6.92 Å². The minimum atomic E-state index is -0.402. The van der Waals surface area contributed by atoms with Crippen LogP contribution < -0.4 is 16.2 Å². The lowest BCUT2D eigenvalue weighted by molar-refractivity contribution is 0.0993. The van der Waals surface area contributed by atoms with E-state index in [1.807, 2.05) is 0 Å². The van der Waals surface area contributed by atoms with Crippen LogP contribution in [0, 0.1) is 12.7 Å². The van der Waals surface area contributed by atoms with Gasteiger partial charge in [-0.3, -0.25) is 15.6 Å². The predicted octanol–water partition coefficient (Wildman–Crippen LogP) is 2.09. The number of hydrogen-bond donors (Lipinski definition) is 2. The van der Waals surface area contributed by atoms with Crippen LogP contribution in [0.3, 0.4) is 0 Å². The normalized spacial score (nSPS) is 10.2. The Labute approximate surface area is 116 Å². The van der Waals surface area contributed by atoms with E-state index in [4.69, 9.17) is 5.84 Å². The molecule has 0 fully saturated rings. The molecule has 3 N–H and O–H groups in total. The lowest BCUT2D eigenvalue weighted by Gasteiger charge is -2.19. The number of pyridine rings is 1. The van der Waals surface area contributed by atoms with Crippen LogP contribution in [0.15, 0.2) is 36.5 Å². The minimum Gasteiger partial charge on any atom is -0.323 e. The number of amides is 1. The molecule has 0 aliphatic heterocycles. The van der Waals surface area contributed by atoms with Gasteiger partial charge in [-0.05, 0) is 31.2 Å². The molecule has 2 rings (SSSR count). The van der Waals surface area contributed by atoms with Crippen LogP contribution in [0.1, 0.15) is 16.1 Å². The number of hydrogen-bond acceptors (Lipinski definition) is 4. The number of nitrogen functional groups attached to an aromatic ring is 1. The summed E-state index contributed by atoms with van der Waals surface area (Å²) in [5.74, 6) is 4.69. The van der Waals surface area contributed by atoms with Crippen molar-refractivity contribution in [3.8, 4) is 0 Å². The Morgan fingerprint density at radius 3 is 2.80 bits per heavy atom. The van der Waals surface area contributed by atoms with Crippen LogP contribution in [0.25, 0.3) is 0 Å². The van der Waals surface area contributed by atoms with Gasteiger partial charge in [0.05, 0.1) is 11.3 Å². The summed E-state index contributed by atoms with van der Waals surface area (Å²) in [6.07, 6.45) is 1.45. The van der Waals surface area contributed by atoms with Crippen molar-refractivity contribution in [3.63, 3.8) is 0 Å². The highest BCUT2D eigenvalue weighted by Gasteiger charge is 2.18. The maximum absolute atomic E-state index is 13.2. The molecule has 1 heterocycles. The Morgan fingerprint density at radius 2 is 2.15 bits per heavy atom. The van der Waals surface area contributed by atoms with Crippen molar-refractivity contribution >= 4 is 17.3 Å². The van der Waals surface area contributed by atoms with Gasteiger partial charge in [-0.1, -0.05) is 6.07 Å². The molecule has 0 aliphatic rings. The van der Waals surface area contributed by atoms with E-state index < -0.39 is 5.82 Å². The zero-order chi connectivity index (χ0) is 14.7. The molecule has 104 valence electrons. The fourth-order valence-corrected chi connectivity index (χ4v) is 1.83. The maximum Gasteiger partial charge on any atom is 0.261 e. The number of nitrogens with one attached hydrogen (secondary N) is 1. The minimum absolute atomic E-state index is 0.323. The quantitative estimate of drug-likeness (QED) is 0.664. The van der Waals surface area contributed by atoms with Crippen LogP contribution in [0.4, 0.5) is 15.8 Å². The molecular formula is C14H15FN4O. The average molecular weight is 274 g/mol. The Bertz CT molecular complexity index is 645. The molecule has 0 aliphatic carbocycles. The summed E-state index contributed by atoms with van der Waals surface area (Å²) >= 11 is 0. The number of hydrazine groups is 1. The molecule has 0 saturated carbocycles. The molecule has 5 nitrogen and oxygen atoms in total. The van der Waals surface area contributed by atoms with Gasteiger partial charge in [0.25, 0.3) is 5.91 Å². The summed E-state index contributed by atoms with van der Waals surface area (Å²) in [6.45, 7) is 1.80. The predicted molar refractivity (Wildman–Crippen MR) is 75.9 cm³/mol. The number of anilines is 2. The topological polar surface area (TPSA) is 71.2 Å². The van der Waals surface area contributed by atoms with E-state index >= 15 is 0 Å². The number of nitrogens with zero attached hydrogens (tertiary/aromatic N) is 2. The summed E-state index contributed by atoms with van der Waals surface area (Å²) in [7, 11) is 1.57. The number of carbonyl (C=O) groups excluding carboxylic acids is 1. The number of halogens is 1. The Morgan fingerprint density at radius 1 is 1.40 bits per heavy atom. The van der Waals surface area contributed by atoms with Crippen molar-refractivity contribution in [2.75, 3.05) is 17.4 Å². The van der Waals surface area contributed by atoms with Gasteiger partial charge in [0, 0.05) is 24.6 Å². The van der Waals surface area contributed by atoms with Crippen LogP contribution in [-0.4, -0.2) is 17.9 Å². The van der Waals surface area contributed by atoms with E-state index in [1.165, 1.54) is 23.2 Å². The van der Waals surface area contributed by atoms with Gasteiger partial charge in [-0.15, -0.1) is 0 Å². The third-order valence-corrected chi connectivity index (χ3v) is 2.93. The summed E-state index contributed by atoms with van der Waals surface area (Å²) < 4.78 is 13.2. The first-order chi connectivity index (χ1) is 9.52. The van der Waals surface area contributed by atoms with Gasteiger partial charge in [0.15, 0.2) is 0 Å². The second-order valence-electron chi connectivity index (χ2n) is 4.36. The summed E-state index contributed by atoms with van der Waals surface area (Å²) in [4.78, 5) is 17.8. The van der Waals surface area contributed by atoms with Crippen molar-refractivity contribution in [3.05, 3.63) is 53.6 Å². The number of aryl methyl sites for hydroxylation is 1. The monoisotopic (exact) mass is 274 g/mol. The van der Waals surface area contributed by atoms with E-state index in [0.29, 0.717) is 16.9 Å². The fraction of sp³-hybridized carbons (Fsp3) is 0.143. The molecule has 0 spiro atoms. The Kier molecular flexibility index (Phi) is 3.95. The number of benzene rings is 1. The lowest BCUT2D eigenvalue weighted by Crippen LogP contribution is -2.28. The summed E-state index contributed by atoms with van der Waals surface area (Å²) in [6, 6.07) is 7.48. The van der Waals surface area contributed by atoms with E-state index in [1.54, 1.807) is 32.2 Å². The van der Waals surface area contributed by atoms with Crippen LogP contribution in [0.2, 0.25) is 0 Å². The number of rotatable bonds is 3. The van der Waals surface area contributed by atoms with Crippen LogP contribution in [-0.2, 0) is 0 Å².